The quantitative estimate of drug-likeness (QED) is 0.754. The van der Waals surface area contributed by atoms with Crippen LogP contribution in [0.4, 0.5) is 23.2 Å². The highest BCUT2D eigenvalue weighted by atomic mass is 32.2. The van der Waals surface area contributed by atoms with Gasteiger partial charge in [0, 0.05) is 24.3 Å². The van der Waals surface area contributed by atoms with Gasteiger partial charge in [0.25, 0.3) is 5.91 Å². The molecule has 3 rings (SSSR count). The summed E-state index contributed by atoms with van der Waals surface area (Å²) in [4.78, 5) is 11.7. The van der Waals surface area contributed by atoms with Crippen LogP contribution in [-0.4, -0.2) is 44.9 Å². The number of carbonyl (C=O) groups is 1. The Balaban J connectivity index is 1.82. The number of amides is 1. The number of benzene rings is 2. The largest absolute Gasteiger partial charge is 0.416 e. The van der Waals surface area contributed by atoms with E-state index in [1.165, 1.54) is 0 Å². The molecule has 2 aromatic rings. The van der Waals surface area contributed by atoms with Gasteiger partial charge >= 0.3 is 6.18 Å². The molecular formula is C18H16F4N2O4S. The lowest BCUT2D eigenvalue weighted by molar-refractivity contribution is -0.137. The maximum absolute atomic E-state index is 14.2. The van der Waals surface area contributed by atoms with Crippen LogP contribution in [0.5, 0.6) is 0 Å². The number of anilines is 1. The van der Waals surface area contributed by atoms with Crippen LogP contribution in [0.2, 0.25) is 0 Å². The van der Waals surface area contributed by atoms with E-state index >= 15 is 0 Å². The van der Waals surface area contributed by atoms with Gasteiger partial charge in [0.1, 0.15) is 10.7 Å². The highest BCUT2D eigenvalue weighted by molar-refractivity contribution is 7.89. The van der Waals surface area contributed by atoms with E-state index in [2.05, 4.69) is 5.32 Å². The first kappa shape index (κ1) is 21.2. The fourth-order valence-corrected chi connectivity index (χ4v) is 4.21. The molecule has 0 aromatic heterocycles. The van der Waals surface area contributed by atoms with Crippen LogP contribution in [0.3, 0.4) is 0 Å². The summed E-state index contributed by atoms with van der Waals surface area (Å²) in [6, 6.07) is 6.58. The van der Waals surface area contributed by atoms with Crippen molar-refractivity contribution in [3.63, 3.8) is 0 Å². The zero-order valence-corrected chi connectivity index (χ0v) is 15.7. The van der Waals surface area contributed by atoms with Crippen molar-refractivity contribution in [2.75, 3.05) is 31.6 Å². The van der Waals surface area contributed by atoms with Crippen LogP contribution in [0.25, 0.3) is 0 Å². The molecule has 11 heteroatoms. The maximum Gasteiger partial charge on any atom is 0.416 e. The van der Waals surface area contributed by atoms with Crippen molar-refractivity contribution < 1.29 is 35.5 Å². The number of nitrogens with zero attached hydrogens (tertiary/aromatic N) is 1. The maximum atomic E-state index is 14.2. The van der Waals surface area contributed by atoms with Crippen LogP contribution >= 0.6 is 0 Å². The van der Waals surface area contributed by atoms with Gasteiger partial charge in [0.15, 0.2) is 0 Å². The van der Waals surface area contributed by atoms with E-state index in [1.807, 2.05) is 0 Å². The normalized spacial score (nSPS) is 15.9. The molecule has 0 aliphatic carbocycles. The lowest BCUT2D eigenvalue weighted by atomic mass is 10.1. The van der Waals surface area contributed by atoms with E-state index < -0.39 is 38.4 Å². The fourth-order valence-electron chi connectivity index (χ4n) is 2.71. The summed E-state index contributed by atoms with van der Waals surface area (Å²) in [6.45, 7) is 0.470. The average molecular weight is 432 g/mol. The van der Waals surface area contributed by atoms with E-state index in [9.17, 15) is 30.8 Å². The second kappa shape index (κ2) is 8.09. The van der Waals surface area contributed by atoms with Gasteiger partial charge in [-0.25, -0.2) is 12.8 Å². The molecule has 2 aromatic carbocycles. The monoisotopic (exact) mass is 432 g/mol. The molecular weight excluding hydrogens is 416 g/mol. The first-order chi connectivity index (χ1) is 13.6. The standard InChI is InChI=1S/C18H16F4N2O4S/c19-15-6-1-12(11-16(15)29(26,27)24-7-9-28-10-8-24)17(25)23-14-4-2-13(3-5-14)18(20,21)22/h1-6,11H,7-10H2,(H,23,25). The fraction of sp³-hybridized carbons (Fsp3) is 0.278. The van der Waals surface area contributed by atoms with Gasteiger partial charge in [-0.1, -0.05) is 0 Å². The molecule has 1 amide bonds. The van der Waals surface area contributed by atoms with Crippen molar-refractivity contribution in [3.05, 3.63) is 59.4 Å². The van der Waals surface area contributed by atoms with Gasteiger partial charge in [-0.05, 0) is 42.5 Å². The molecule has 1 aliphatic rings. The lowest BCUT2D eigenvalue weighted by Gasteiger charge is -2.26. The Hall–Kier alpha value is -2.50. The van der Waals surface area contributed by atoms with Crippen LogP contribution < -0.4 is 5.32 Å². The van der Waals surface area contributed by atoms with Crippen LogP contribution in [-0.2, 0) is 20.9 Å². The van der Waals surface area contributed by atoms with Gasteiger partial charge in [-0.2, -0.15) is 17.5 Å². The van der Waals surface area contributed by atoms with Crippen molar-refractivity contribution in [1.82, 2.24) is 4.31 Å². The highest BCUT2D eigenvalue weighted by Gasteiger charge is 2.31. The predicted octanol–water partition coefficient (Wildman–Crippen LogP) is 3.12. The van der Waals surface area contributed by atoms with Crippen molar-refractivity contribution >= 4 is 21.6 Å². The van der Waals surface area contributed by atoms with Crippen molar-refractivity contribution in [2.24, 2.45) is 0 Å². The van der Waals surface area contributed by atoms with Crippen LogP contribution in [0.15, 0.2) is 47.4 Å². The zero-order chi connectivity index (χ0) is 21.2. The second-order valence-electron chi connectivity index (χ2n) is 6.19. The molecule has 1 fully saturated rings. The number of morpholine rings is 1. The van der Waals surface area contributed by atoms with Crippen molar-refractivity contribution in [1.29, 1.82) is 0 Å². The Morgan fingerprint density at radius 1 is 1.03 bits per heavy atom. The molecule has 1 heterocycles. The molecule has 0 saturated carbocycles. The Morgan fingerprint density at radius 3 is 2.24 bits per heavy atom. The summed E-state index contributed by atoms with van der Waals surface area (Å²) in [5.74, 6) is -1.80. The summed E-state index contributed by atoms with van der Waals surface area (Å²) in [6.07, 6.45) is -4.51. The van der Waals surface area contributed by atoms with Gasteiger partial charge in [-0.15, -0.1) is 0 Å². The number of halogens is 4. The van der Waals surface area contributed by atoms with E-state index in [4.69, 9.17) is 4.74 Å². The third-order valence-electron chi connectivity index (χ3n) is 4.25. The summed E-state index contributed by atoms with van der Waals surface area (Å²) in [7, 11) is -4.17. The van der Waals surface area contributed by atoms with Crippen molar-refractivity contribution in [3.8, 4) is 0 Å². The number of hydrogen-bond donors (Lipinski definition) is 1. The number of nitrogens with one attached hydrogen (secondary N) is 1. The van der Waals surface area contributed by atoms with E-state index in [0.29, 0.717) is 0 Å². The SMILES string of the molecule is O=C(Nc1ccc(C(F)(F)F)cc1)c1ccc(F)c(S(=O)(=O)N2CCOCC2)c1. The Morgan fingerprint density at radius 2 is 1.66 bits per heavy atom. The third kappa shape index (κ3) is 4.74. The number of ether oxygens (including phenoxy) is 1. The Bertz CT molecular complexity index is 1000. The molecule has 1 N–H and O–H groups in total. The van der Waals surface area contributed by atoms with Crippen molar-refractivity contribution in [2.45, 2.75) is 11.1 Å². The summed E-state index contributed by atoms with van der Waals surface area (Å²) in [5, 5.41) is 2.36. The number of alkyl halides is 3. The minimum Gasteiger partial charge on any atom is -0.379 e. The number of carbonyl (C=O) groups excluding carboxylic acids is 1. The molecule has 29 heavy (non-hydrogen) atoms. The molecule has 0 unspecified atom stereocenters. The first-order valence-electron chi connectivity index (χ1n) is 8.45. The molecule has 0 spiro atoms. The highest BCUT2D eigenvalue weighted by Crippen LogP contribution is 2.30. The number of sulfonamides is 1. The molecule has 6 nitrogen and oxygen atoms in total. The molecule has 1 aliphatic heterocycles. The van der Waals surface area contributed by atoms with E-state index in [1.54, 1.807) is 0 Å². The first-order valence-corrected chi connectivity index (χ1v) is 9.89. The van der Waals surface area contributed by atoms with Gasteiger partial charge < -0.3 is 10.1 Å². The molecule has 0 bridgehead atoms. The minimum absolute atomic E-state index is 0.0593. The predicted molar refractivity (Wildman–Crippen MR) is 95.4 cm³/mol. The van der Waals surface area contributed by atoms with Crippen LogP contribution in [0, 0.1) is 5.82 Å². The molecule has 0 radical (unpaired) electrons. The number of rotatable bonds is 4. The Labute approximate surface area is 164 Å². The topological polar surface area (TPSA) is 75.7 Å². The second-order valence-corrected chi connectivity index (χ2v) is 8.10. The lowest BCUT2D eigenvalue weighted by Crippen LogP contribution is -2.41. The Kier molecular flexibility index (Phi) is 5.92. The zero-order valence-electron chi connectivity index (χ0n) is 14.9. The smallest absolute Gasteiger partial charge is 0.379 e. The molecule has 156 valence electrons. The average Bonchev–Trinajstić information content (AvgIpc) is 2.68. The van der Waals surface area contributed by atoms with E-state index in [-0.39, 0.29) is 37.6 Å². The third-order valence-corrected chi connectivity index (χ3v) is 6.17. The summed E-state index contributed by atoms with van der Waals surface area (Å²) >= 11 is 0. The molecule has 1 saturated heterocycles. The van der Waals surface area contributed by atoms with Gasteiger partial charge in [0.05, 0.1) is 18.8 Å². The summed E-state index contributed by atoms with van der Waals surface area (Å²) in [5.41, 5.74) is -0.959. The van der Waals surface area contributed by atoms with E-state index in [0.717, 1.165) is 46.8 Å². The molecule has 0 atom stereocenters. The van der Waals surface area contributed by atoms with Gasteiger partial charge in [-0.3, -0.25) is 4.79 Å². The van der Waals surface area contributed by atoms with Crippen LogP contribution in [0.1, 0.15) is 15.9 Å². The summed E-state index contributed by atoms with van der Waals surface area (Å²) < 4.78 is 83.5. The van der Waals surface area contributed by atoms with Gasteiger partial charge in [0.2, 0.25) is 10.0 Å². The minimum atomic E-state index is -4.51. The number of hydrogen-bond acceptors (Lipinski definition) is 4.